The first-order chi connectivity index (χ1) is 12.9. The monoisotopic (exact) mass is 438 g/mol. The molecule has 0 radical (unpaired) electrons. The van der Waals surface area contributed by atoms with Gasteiger partial charge in [-0.25, -0.2) is 4.79 Å². The van der Waals surface area contributed by atoms with Crippen molar-refractivity contribution in [3.63, 3.8) is 0 Å². The summed E-state index contributed by atoms with van der Waals surface area (Å²) in [6.45, 7) is 8.62. The van der Waals surface area contributed by atoms with E-state index in [0.717, 1.165) is 22.2 Å². The molecule has 0 bridgehead atoms. The van der Waals surface area contributed by atoms with Gasteiger partial charge in [0.1, 0.15) is 6.54 Å². The van der Waals surface area contributed by atoms with Crippen LogP contribution in [0.25, 0.3) is 5.70 Å². The van der Waals surface area contributed by atoms with Crippen LogP contribution in [0.15, 0.2) is 39.9 Å². The first kappa shape index (κ1) is 22.7. The molecular weight excluding hydrogens is 412 g/mol. The predicted octanol–water partition coefficient (Wildman–Crippen LogP) is 3.02. The molecule has 0 aliphatic heterocycles. The van der Waals surface area contributed by atoms with Crippen molar-refractivity contribution in [3.8, 4) is 0 Å². The van der Waals surface area contributed by atoms with Gasteiger partial charge in [-0.2, -0.15) is 0 Å². The number of amides is 2. The molecule has 0 aliphatic rings. The van der Waals surface area contributed by atoms with E-state index in [4.69, 9.17) is 0 Å². The van der Waals surface area contributed by atoms with Crippen molar-refractivity contribution in [2.24, 2.45) is 4.99 Å². The Labute approximate surface area is 169 Å². The number of nitrogens with zero attached hydrogens (tertiary/aromatic N) is 2. The highest BCUT2D eigenvalue weighted by Gasteiger charge is 2.19. The molecule has 2 N–H and O–H groups in total. The maximum atomic E-state index is 12.4. The normalized spacial score (nSPS) is 12.1. The van der Waals surface area contributed by atoms with Crippen LogP contribution in [0.1, 0.15) is 25.8 Å². The van der Waals surface area contributed by atoms with Gasteiger partial charge >= 0.3 is 6.09 Å². The SMILES string of the molecule is C=N/C(=C\NCC(C)N(CCC)C(=O)CNC(=O)OC)c1ccc(Br)cc1. The number of hydrogen-bond donors (Lipinski definition) is 2. The molecule has 7 nitrogen and oxygen atoms in total. The Bertz CT molecular complexity index is 661. The van der Waals surface area contributed by atoms with Gasteiger partial charge in [0.25, 0.3) is 0 Å². The van der Waals surface area contributed by atoms with Crippen LogP contribution < -0.4 is 10.6 Å². The van der Waals surface area contributed by atoms with Crippen molar-refractivity contribution < 1.29 is 14.3 Å². The summed E-state index contributed by atoms with van der Waals surface area (Å²) in [6.07, 6.45) is 1.99. The standard InChI is InChI=1S/C19H27BrN4O3/c1-5-10-24(18(25)13-23-19(26)27-4)14(2)11-22-12-17(21-3)15-6-8-16(20)9-7-15/h6-9,12,14,22H,3,5,10-11,13H2,1-2,4H3,(H,23,26)/b17-12-. The Hall–Kier alpha value is -2.35. The Kier molecular flexibility index (Phi) is 10.2. The maximum absolute atomic E-state index is 12.4. The van der Waals surface area contributed by atoms with Gasteiger partial charge in [-0.3, -0.25) is 9.79 Å². The second-order valence-electron chi connectivity index (χ2n) is 5.88. The lowest BCUT2D eigenvalue weighted by Crippen LogP contribution is -2.47. The van der Waals surface area contributed by atoms with Gasteiger partial charge in [0.15, 0.2) is 0 Å². The summed E-state index contributed by atoms with van der Waals surface area (Å²) in [4.78, 5) is 29.3. The number of aliphatic imine (C=N–C) groups is 1. The molecule has 1 rings (SSSR count). The van der Waals surface area contributed by atoms with Gasteiger partial charge in [0.2, 0.25) is 5.91 Å². The average molecular weight is 439 g/mol. The molecule has 148 valence electrons. The van der Waals surface area contributed by atoms with Gasteiger partial charge < -0.3 is 20.3 Å². The average Bonchev–Trinajstić information content (AvgIpc) is 2.67. The Morgan fingerprint density at radius 3 is 2.59 bits per heavy atom. The van der Waals surface area contributed by atoms with E-state index < -0.39 is 6.09 Å². The number of alkyl carbamates (subject to hydrolysis) is 1. The topological polar surface area (TPSA) is 83.0 Å². The predicted molar refractivity (Wildman–Crippen MR) is 112 cm³/mol. The van der Waals surface area contributed by atoms with Crippen molar-refractivity contribution in [2.45, 2.75) is 26.3 Å². The zero-order valence-corrected chi connectivity index (χ0v) is 17.6. The molecule has 0 heterocycles. The van der Waals surface area contributed by atoms with Gasteiger partial charge in [0.05, 0.1) is 12.8 Å². The van der Waals surface area contributed by atoms with Crippen LogP contribution in [0.2, 0.25) is 0 Å². The smallest absolute Gasteiger partial charge is 0.407 e. The van der Waals surface area contributed by atoms with E-state index in [1.165, 1.54) is 7.11 Å². The van der Waals surface area contributed by atoms with Crippen LogP contribution in [-0.2, 0) is 9.53 Å². The largest absolute Gasteiger partial charge is 0.453 e. The van der Waals surface area contributed by atoms with Gasteiger partial charge in [-0.1, -0.05) is 35.0 Å². The zero-order chi connectivity index (χ0) is 20.2. The molecule has 1 atom stereocenters. The highest BCUT2D eigenvalue weighted by molar-refractivity contribution is 9.10. The van der Waals surface area contributed by atoms with E-state index in [1.54, 1.807) is 11.1 Å². The number of carbonyl (C=O) groups excluding carboxylic acids is 2. The first-order valence-electron chi connectivity index (χ1n) is 8.70. The first-order valence-corrected chi connectivity index (χ1v) is 9.49. The lowest BCUT2D eigenvalue weighted by Gasteiger charge is -2.29. The Morgan fingerprint density at radius 2 is 2.04 bits per heavy atom. The van der Waals surface area contributed by atoms with Crippen molar-refractivity contribution in [1.29, 1.82) is 0 Å². The number of halogens is 1. The van der Waals surface area contributed by atoms with Crippen molar-refractivity contribution in [3.05, 3.63) is 40.5 Å². The fourth-order valence-electron chi connectivity index (χ4n) is 2.43. The molecule has 1 aromatic rings. The van der Waals surface area contributed by atoms with Crippen LogP contribution in [-0.4, -0.2) is 56.4 Å². The summed E-state index contributed by atoms with van der Waals surface area (Å²) in [5.74, 6) is -0.157. The molecule has 0 spiro atoms. The molecule has 1 aromatic carbocycles. The highest BCUT2D eigenvalue weighted by atomic mass is 79.9. The van der Waals surface area contributed by atoms with E-state index in [-0.39, 0.29) is 18.5 Å². The molecule has 0 aliphatic carbocycles. The number of nitrogens with one attached hydrogen (secondary N) is 2. The summed E-state index contributed by atoms with van der Waals surface area (Å²) in [6, 6.07) is 7.70. The van der Waals surface area contributed by atoms with Gasteiger partial charge in [-0.15, -0.1) is 0 Å². The van der Waals surface area contributed by atoms with Crippen molar-refractivity contribution >= 4 is 40.3 Å². The van der Waals surface area contributed by atoms with E-state index >= 15 is 0 Å². The lowest BCUT2D eigenvalue weighted by atomic mass is 10.2. The van der Waals surface area contributed by atoms with Crippen LogP contribution in [0, 0.1) is 0 Å². The summed E-state index contributed by atoms with van der Waals surface area (Å²) in [7, 11) is 1.26. The fraction of sp³-hybridized carbons (Fsp3) is 0.421. The maximum Gasteiger partial charge on any atom is 0.407 e. The molecule has 0 saturated carbocycles. The number of carbonyl (C=O) groups is 2. The van der Waals surface area contributed by atoms with E-state index in [9.17, 15) is 9.59 Å². The zero-order valence-electron chi connectivity index (χ0n) is 16.0. The lowest BCUT2D eigenvalue weighted by molar-refractivity contribution is -0.132. The Morgan fingerprint density at radius 1 is 1.37 bits per heavy atom. The number of ether oxygens (including phenoxy) is 1. The van der Waals surface area contributed by atoms with Crippen LogP contribution >= 0.6 is 15.9 Å². The number of rotatable bonds is 10. The number of hydrogen-bond acceptors (Lipinski definition) is 5. The van der Waals surface area contributed by atoms with E-state index in [1.807, 2.05) is 38.1 Å². The molecule has 2 amide bonds. The van der Waals surface area contributed by atoms with Gasteiger partial charge in [-0.05, 0) is 32.2 Å². The summed E-state index contributed by atoms with van der Waals surface area (Å²) >= 11 is 3.41. The number of methoxy groups -OCH3 is 1. The number of benzene rings is 1. The molecule has 27 heavy (non-hydrogen) atoms. The van der Waals surface area contributed by atoms with E-state index in [0.29, 0.717) is 13.1 Å². The van der Waals surface area contributed by atoms with Crippen molar-refractivity contribution in [1.82, 2.24) is 15.5 Å². The molecular formula is C19H27BrN4O3. The minimum Gasteiger partial charge on any atom is -0.453 e. The second kappa shape index (κ2) is 12.1. The molecule has 0 aromatic heterocycles. The molecule has 8 heteroatoms. The van der Waals surface area contributed by atoms with Crippen molar-refractivity contribution in [2.75, 3.05) is 26.7 Å². The molecule has 0 fully saturated rings. The van der Waals surface area contributed by atoms with Crippen LogP contribution in [0.3, 0.4) is 0 Å². The van der Waals surface area contributed by atoms with Crippen LogP contribution in [0.5, 0.6) is 0 Å². The van der Waals surface area contributed by atoms with Gasteiger partial charge in [0, 0.05) is 35.4 Å². The second-order valence-corrected chi connectivity index (χ2v) is 6.80. The van der Waals surface area contributed by atoms with Crippen LogP contribution in [0.4, 0.5) is 4.79 Å². The summed E-state index contributed by atoms with van der Waals surface area (Å²) in [5.41, 5.74) is 1.66. The summed E-state index contributed by atoms with van der Waals surface area (Å²) < 4.78 is 5.48. The quantitative estimate of drug-likeness (QED) is 0.549. The molecule has 0 saturated heterocycles. The third kappa shape index (κ3) is 7.82. The third-order valence-corrected chi connectivity index (χ3v) is 4.38. The minimum atomic E-state index is -0.621. The Balaban J connectivity index is 2.67. The third-order valence-electron chi connectivity index (χ3n) is 3.85. The molecule has 1 unspecified atom stereocenters. The highest BCUT2D eigenvalue weighted by Crippen LogP contribution is 2.18. The fourth-order valence-corrected chi connectivity index (χ4v) is 2.69. The minimum absolute atomic E-state index is 0.0656. The van der Waals surface area contributed by atoms with E-state index in [2.05, 4.69) is 43.0 Å². The summed E-state index contributed by atoms with van der Waals surface area (Å²) in [5, 5.41) is 5.63.